The lowest BCUT2D eigenvalue weighted by Crippen LogP contribution is -2.36. The van der Waals surface area contributed by atoms with Gasteiger partial charge in [0.15, 0.2) is 0 Å². The molecule has 0 aromatic heterocycles. The Labute approximate surface area is 242 Å². The van der Waals surface area contributed by atoms with Crippen molar-refractivity contribution >= 4 is 17.7 Å². The number of hydrogen-bond acceptors (Lipinski definition) is 4. The van der Waals surface area contributed by atoms with Gasteiger partial charge in [0.05, 0.1) is 5.92 Å². The summed E-state index contributed by atoms with van der Waals surface area (Å²) in [7, 11) is 0. The number of aromatic hydroxyl groups is 2. The number of alkyl halides is 5. The third-order valence-corrected chi connectivity index (χ3v) is 9.71. The Morgan fingerprint density at radius 2 is 1.49 bits per heavy atom. The quantitative estimate of drug-likeness (QED) is 0.140. The van der Waals surface area contributed by atoms with Gasteiger partial charge < -0.3 is 15.3 Å². The van der Waals surface area contributed by atoms with Crippen molar-refractivity contribution in [3.8, 4) is 11.5 Å². The standard InChI is InChI=1S/C31H39F5O4S/c1-29(22-12-14-23(37)15-13-22)20-41-27-19-24(38)16-17-25(27)26(29)11-7-5-3-2-4-6-9-21(28(39)40)10-8-18-30(32,33)31(34,35)36/h12-17,19,21,26,37-38H,2-11,18,20H2,1H3,(H,39,40)/t21-,26+,29+/m1/s1. The summed E-state index contributed by atoms with van der Waals surface area (Å²) >= 11 is 1.73. The van der Waals surface area contributed by atoms with Gasteiger partial charge in [-0.3, -0.25) is 4.79 Å². The normalized spacial score (nSPS) is 20.0. The van der Waals surface area contributed by atoms with E-state index in [4.69, 9.17) is 0 Å². The summed E-state index contributed by atoms with van der Waals surface area (Å²) in [6.45, 7) is 2.25. The van der Waals surface area contributed by atoms with E-state index in [0.29, 0.717) is 6.42 Å². The molecule has 1 aliphatic rings. The highest BCUT2D eigenvalue weighted by Gasteiger charge is 2.56. The van der Waals surface area contributed by atoms with Gasteiger partial charge in [0.2, 0.25) is 0 Å². The monoisotopic (exact) mass is 602 g/mol. The molecule has 4 nitrogen and oxygen atoms in total. The minimum Gasteiger partial charge on any atom is -0.508 e. The number of rotatable bonds is 15. The van der Waals surface area contributed by atoms with Gasteiger partial charge in [-0.05, 0) is 67.0 Å². The summed E-state index contributed by atoms with van der Waals surface area (Å²) in [5.41, 5.74) is 2.21. The summed E-state index contributed by atoms with van der Waals surface area (Å²) in [4.78, 5) is 12.5. The molecule has 228 valence electrons. The number of hydrogen-bond donors (Lipinski definition) is 3. The molecule has 0 unspecified atom stereocenters. The highest BCUT2D eigenvalue weighted by atomic mass is 32.2. The van der Waals surface area contributed by atoms with Crippen molar-refractivity contribution in [3.63, 3.8) is 0 Å². The van der Waals surface area contributed by atoms with Crippen LogP contribution in [0, 0.1) is 5.92 Å². The largest absolute Gasteiger partial charge is 0.508 e. The number of fused-ring (bicyclic) bond motifs is 1. The molecule has 0 saturated carbocycles. The van der Waals surface area contributed by atoms with Crippen molar-refractivity contribution < 1.29 is 42.1 Å². The molecular formula is C31H39F5O4S. The SMILES string of the molecule is C[C@@]1(c2ccc(O)cc2)CSc2cc(O)ccc2[C@@H]1CCCCCCCC[C@H](CCCC(F)(F)C(F)(F)F)C(=O)O. The van der Waals surface area contributed by atoms with Gasteiger partial charge >= 0.3 is 18.1 Å². The zero-order chi connectivity index (χ0) is 30.3. The smallest absolute Gasteiger partial charge is 0.453 e. The Kier molecular flexibility index (Phi) is 11.4. The average Bonchev–Trinajstić information content (AvgIpc) is 2.89. The van der Waals surface area contributed by atoms with Crippen LogP contribution in [0.4, 0.5) is 22.0 Å². The molecule has 2 aromatic rings. The minimum absolute atomic E-state index is 0.155. The van der Waals surface area contributed by atoms with Crippen LogP contribution in [0.25, 0.3) is 0 Å². The highest BCUT2D eigenvalue weighted by molar-refractivity contribution is 7.99. The molecule has 0 saturated heterocycles. The summed E-state index contributed by atoms with van der Waals surface area (Å²) < 4.78 is 63.2. The lowest BCUT2D eigenvalue weighted by molar-refractivity contribution is -0.284. The van der Waals surface area contributed by atoms with E-state index in [0.717, 1.165) is 54.7 Å². The average molecular weight is 603 g/mol. The first-order valence-corrected chi connectivity index (χ1v) is 15.2. The van der Waals surface area contributed by atoms with Crippen molar-refractivity contribution in [3.05, 3.63) is 53.6 Å². The topological polar surface area (TPSA) is 77.8 Å². The first kappa shape index (κ1) is 33.0. The summed E-state index contributed by atoms with van der Waals surface area (Å²) in [5, 5.41) is 29.1. The molecule has 0 fully saturated rings. The van der Waals surface area contributed by atoms with Gasteiger partial charge in [-0.1, -0.05) is 63.6 Å². The Morgan fingerprint density at radius 3 is 2.12 bits per heavy atom. The number of carbonyl (C=O) groups is 1. The molecule has 1 heterocycles. The number of benzene rings is 2. The van der Waals surface area contributed by atoms with Crippen LogP contribution < -0.4 is 0 Å². The van der Waals surface area contributed by atoms with E-state index in [1.54, 1.807) is 30.0 Å². The van der Waals surface area contributed by atoms with Crippen molar-refractivity contribution in [1.29, 1.82) is 0 Å². The van der Waals surface area contributed by atoms with E-state index >= 15 is 0 Å². The van der Waals surface area contributed by atoms with Gasteiger partial charge in [0.25, 0.3) is 0 Å². The fourth-order valence-electron chi connectivity index (χ4n) is 5.76. The molecule has 10 heteroatoms. The van der Waals surface area contributed by atoms with Crippen LogP contribution in [0.5, 0.6) is 11.5 Å². The Morgan fingerprint density at radius 1 is 0.902 bits per heavy atom. The van der Waals surface area contributed by atoms with E-state index in [1.165, 1.54) is 5.56 Å². The molecule has 0 spiro atoms. The van der Waals surface area contributed by atoms with Crippen LogP contribution in [-0.2, 0) is 10.2 Å². The number of halogens is 5. The summed E-state index contributed by atoms with van der Waals surface area (Å²) in [6, 6.07) is 12.9. The lowest BCUT2D eigenvalue weighted by atomic mass is 9.68. The fourth-order valence-corrected chi connectivity index (χ4v) is 7.16. The molecule has 0 bridgehead atoms. The maximum atomic E-state index is 13.1. The molecule has 3 N–H and O–H groups in total. The second-order valence-corrected chi connectivity index (χ2v) is 12.4. The molecule has 1 aliphatic heterocycles. The van der Waals surface area contributed by atoms with E-state index in [-0.39, 0.29) is 35.7 Å². The first-order valence-electron chi connectivity index (χ1n) is 14.2. The molecular weight excluding hydrogens is 563 g/mol. The number of thioether (sulfide) groups is 1. The molecule has 0 amide bonds. The Bertz CT molecular complexity index is 1140. The van der Waals surface area contributed by atoms with Gasteiger partial charge in [-0.15, -0.1) is 11.8 Å². The molecule has 0 radical (unpaired) electrons. The fraction of sp³-hybridized carbons (Fsp3) is 0.581. The third kappa shape index (κ3) is 8.75. The number of carboxylic acid groups (broad SMARTS) is 1. The lowest BCUT2D eigenvalue weighted by Gasteiger charge is -2.43. The van der Waals surface area contributed by atoms with Crippen LogP contribution in [-0.4, -0.2) is 39.1 Å². The zero-order valence-corrected chi connectivity index (χ0v) is 24.0. The Hall–Kier alpha value is -2.49. The van der Waals surface area contributed by atoms with E-state index in [2.05, 4.69) is 6.92 Å². The first-order chi connectivity index (χ1) is 19.2. The molecule has 3 rings (SSSR count). The molecule has 41 heavy (non-hydrogen) atoms. The maximum absolute atomic E-state index is 13.1. The minimum atomic E-state index is -5.61. The van der Waals surface area contributed by atoms with Crippen LogP contribution >= 0.6 is 11.8 Å². The van der Waals surface area contributed by atoms with E-state index in [9.17, 15) is 42.1 Å². The van der Waals surface area contributed by atoms with E-state index < -0.39 is 36.8 Å². The highest BCUT2D eigenvalue weighted by Crippen LogP contribution is 2.52. The van der Waals surface area contributed by atoms with Crippen molar-refractivity contribution in [1.82, 2.24) is 0 Å². The molecule has 0 aliphatic carbocycles. The third-order valence-electron chi connectivity index (χ3n) is 8.30. The van der Waals surface area contributed by atoms with Gasteiger partial charge in [-0.2, -0.15) is 22.0 Å². The van der Waals surface area contributed by atoms with Crippen molar-refractivity contribution in [2.75, 3.05) is 5.75 Å². The number of aliphatic carboxylic acids is 1. The van der Waals surface area contributed by atoms with E-state index in [1.807, 2.05) is 24.3 Å². The Balaban J connectivity index is 1.45. The van der Waals surface area contributed by atoms with Crippen LogP contribution in [0.2, 0.25) is 0 Å². The predicted octanol–water partition coefficient (Wildman–Crippen LogP) is 9.43. The van der Waals surface area contributed by atoms with Crippen LogP contribution in [0.3, 0.4) is 0 Å². The summed E-state index contributed by atoms with van der Waals surface area (Å²) in [6.07, 6.45) is -1.32. The zero-order valence-electron chi connectivity index (χ0n) is 23.2. The number of carboxylic acids is 1. The molecule has 3 atom stereocenters. The van der Waals surface area contributed by atoms with Gasteiger partial charge in [-0.25, -0.2) is 0 Å². The second-order valence-electron chi connectivity index (χ2n) is 11.4. The van der Waals surface area contributed by atoms with Gasteiger partial charge in [0.1, 0.15) is 11.5 Å². The van der Waals surface area contributed by atoms with Crippen molar-refractivity contribution in [2.24, 2.45) is 5.92 Å². The molecule has 2 aromatic carbocycles. The summed E-state index contributed by atoms with van der Waals surface area (Å²) in [5.74, 6) is -5.33. The second kappa shape index (κ2) is 14.1. The number of unbranched alkanes of at least 4 members (excludes halogenated alkanes) is 5. The number of phenolic OH excluding ortho intramolecular Hbond substituents is 2. The number of phenols is 2. The maximum Gasteiger partial charge on any atom is 0.453 e. The van der Waals surface area contributed by atoms with Crippen LogP contribution in [0.15, 0.2) is 47.4 Å². The van der Waals surface area contributed by atoms with Crippen molar-refractivity contribution in [2.45, 2.75) is 106 Å². The predicted molar refractivity (Wildman–Crippen MR) is 150 cm³/mol. The van der Waals surface area contributed by atoms with Gasteiger partial charge in [0, 0.05) is 22.5 Å². The van der Waals surface area contributed by atoms with Crippen LogP contribution in [0.1, 0.15) is 94.6 Å².